The minimum Gasteiger partial charge on any atom is -0.512 e. The van der Waals surface area contributed by atoms with Crippen LogP contribution >= 0.6 is 0 Å². The molecule has 1 aromatic heterocycles. The van der Waals surface area contributed by atoms with Crippen LogP contribution in [0.3, 0.4) is 0 Å². The van der Waals surface area contributed by atoms with Crippen molar-refractivity contribution in [2.75, 3.05) is 20.6 Å². The number of hydrogen-bond acceptors (Lipinski definition) is 4. The zero-order valence-corrected chi connectivity index (χ0v) is 10.6. The molecular weight excluding hydrogens is 231 g/mol. The van der Waals surface area contributed by atoms with Crippen LogP contribution in [0.15, 0.2) is 24.4 Å². The Morgan fingerprint density at radius 3 is 2.78 bits per heavy atom. The van der Waals surface area contributed by atoms with Crippen LogP contribution in [0.5, 0.6) is 5.75 Å². The monoisotopic (exact) mass is 248 g/mol. The quantitative estimate of drug-likeness (QED) is 0.678. The molecule has 0 radical (unpaired) electrons. The molecule has 18 heavy (non-hydrogen) atoms. The largest absolute Gasteiger partial charge is 0.707 e. The van der Waals surface area contributed by atoms with E-state index >= 15 is 0 Å². The lowest BCUT2D eigenvalue weighted by molar-refractivity contribution is 0.288. The van der Waals surface area contributed by atoms with Crippen molar-refractivity contribution in [2.45, 2.75) is 6.42 Å². The highest BCUT2D eigenvalue weighted by atomic mass is 16.6. The molecule has 96 valence electrons. The Morgan fingerprint density at radius 2 is 2.11 bits per heavy atom. The zero-order valence-electron chi connectivity index (χ0n) is 10.6. The first-order valence-corrected chi connectivity index (χ1v) is 5.84. The smallest absolute Gasteiger partial charge is 0.512 e. The molecular formula is C12H17BN2O3. The van der Waals surface area contributed by atoms with Gasteiger partial charge in [0.25, 0.3) is 0 Å². The van der Waals surface area contributed by atoms with E-state index in [1.165, 1.54) is 5.56 Å². The first-order chi connectivity index (χ1) is 8.56. The predicted molar refractivity (Wildman–Crippen MR) is 71.4 cm³/mol. The molecule has 2 aromatic rings. The van der Waals surface area contributed by atoms with Crippen LogP contribution in [0.2, 0.25) is 0 Å². The SMILES string of the molecule is CN(C)CCc1c[nH]c2ccc(OB(O)O)cc12. The number of nitrogens with zero attached hydrogens (tertiary/aromatic N) is 1. The number of nitrogens with one attached hydrogen (secondary N) is 1. The first kappa shape index (κ1) is 12.9. The molecule has 1 aromatic carbocycles. The van der Waals surface area contributed by atoms with Gasteiger partial charge in [0.05, 0.1) is 0 Å². The standard InChI is InChI=1S/C12H17BN2O3/c1-15(2)6-5-9-8-14-12-4-3-10(7-11(9)12)18-13(16)17/h3-4,7-8,14,16-17H,5-6H2,1-2H3. The van der Waals surface area contributed by atoms with Gasteiger partial charge in [-0.3, -0.25) is 0 Å². The summed E-state index contributed by atoms with van der Waals surface area (Å²) in [6.07, 6.45) is 2.91. The molecule has 0 bridgehead atoms. The maximum Gasteiger partial charge on any atom is 0.707 e. The molecule has 0 aliphatic rings. The normalized spacial score (nSPS) is 11.2. The Bertz CT molecular complexity index is 525. The lowest BCUT2D eigenvalue weighted by atomic mass is 10.1. The van der Waals surface area contributed by atoms with Gasteiger partial charge in [-0.15, -0.1) is 0 Å². The summed E-state index contributed by atoms with van der Waals surface area (Å²) >= 11 is 0. The Balaban J connectivity index is 2.25. The number of aromatic nitrogens is 1. The van der Waals surface area contributed by atoms with Crippen molar-refractivity contribution >= 4 is 18.2 Å². The second-order valence-electron chi connectivity index (χ2n) is 4.52. The third-order valence-electron chi connectivity index (χ3n) is 2.81. The van der Waals surface area contributed by atoms with Crippen LogP contribution in [-0.2, 0) is 6.42 Å². The number of benzene rings is 1. The second-order valence-corrected chi connectivity index (χ2v) is 4.52. The van der Waals surface area contributed by atoms with Gasteiger partial charge in [-0.2, -0.15) is 0 Å². The minimum atomic E-state index is -1.79. The number of fused-ring (bicyclic) bond motifs is 1. The lowest BCUT2D eigenvalue weighted by Crippen LogP contribution is -2.20. The van der Waals surface area contributed by atoms with E-state index in [1.807, 2.05) is 32.4 Å². The van der Waals surface area contributed by atoms with Gasteiger partial charge in [-0.1, -0.05) is 0 Å². The van der Waals surface area contributed by atoms with Crippen LogP contribution in [-0.4, -0.2) is 47.9 Å². The van der Waals surface area contributed by atoms with Gasteiger partial charge in [-0.25, -0.2) is 0 Å². The molecule has 3 N–H and O–H groups in total. The minimum absolute atomic E-state index is 0.447. The van der Waals surface area contributed by atoms with Crippen LogP contribution in [0.4, 0.5) is 0 Å². The molecule has 6 heteroatoms. The second kappa shape index (κ2) is 5.43. The fourth-order valence-corrected chi connectivity index (χ4v) is 1.90. The molecule has 0 fully saturated rings. The average Bonchev–Trinajstić information content (AvgIpc) is 2.68. The fraction of sp³-hybridized carbons (Fsp3) is 0.333. The molecule has 0 atom stereocenters. The van der Waals surface area contributed by atoms with Crippen LogP contribution in [0.25, 0.3) is 10.9 Å². The van der Waals surface area contributed by atoms with Gasteiger partial charge in [0.15, 0.2) is 0 Å². The van der Waals surface area contributed by atoms with Crippen molar-refractivity contribution in [3.63, 3.8) is 0 Å². The molecule has 2 rings (SSSR count). The predicted octanol–water partition coefficient (Wildman–Crippen LogP) is 0.620. The summed E-state index contributed by atoms with van der Waals surface area (Å²) in [5.41, 5.74) is 2.21. The van der Waals surface area contributed by atoms with Gasteiger partial charge in [-0.05, 0) is 44.3 Å². The summed E-state index contributed by atoms with van der Waals surface area (Å²) in [6.45, 7) is 0.959. The van der Waals surface area contributed by atoms with Crippen molar-refractivity contribution < 1.29 is 14.7 Å². The summed E-state index contributed by atoms with van der Waals surface area (Å²) in [7, 11) is 2.28. The summed E-state index contributed by atoms with van der Waals surface area (Å²) in [6, 6.07) is 5.39. The molecule has 5 nitrogen and oxygen atoms in total. The van der Waals surface area contributed by atoms with E-state index in [4.69, 9.17) is 14.7 Å². The van der Waals surface area contributed by atoms with Crippen molar-refractivity contribution in [2.24, 2.45) is 0 Å². The van der Waals surface area contributed by atoms with Crippen molar-refractivity contribution in [1.29, 1.82) is 0 Å². The molecule has 0 aliphatic carbocycles. The van der Waals surface area contributed by atoms with E-state index in [1.54, 1.807) is 6.07 Å². The van der Waals surface area contributed by atoms with E-state index in [2.05, 4.69) is 9.88 Å². The summed E-state index contributed by atoms with van der Waals surface area (Å²) in [5, 5.41) is 18.6. The number of hydrogen-bond donors (Lipinski definition) is 3. The van der Waals surface area contributed by atoms with Gasteiger partial charge < -0.3 is 24.6 Å². The summed E-state index contributed by atoms with van der Waals surface area (Å²) < 4.78 is 4.86. The Hall–Kier alpha value is -1.50. The molecule has 0 saturated carbocycles. The highest BCUT2D eigenvalue weighted by Gasteiger charge is 2.12. The number of likely N-dealkylation sites (N-methyl/N-ethyl adjacent to an activating group) is 1. The average molecular weight is 248 g/mol. The Kier molecular flexibility index (Phi) is 3.91. The van der Waals surface area contributed by atoms with Crippen LogP contribution in [0.1, 0.15) is 5.56 Å². The number of H-pyrrole nitrogens is 1. The van der Waals surface area contributed by atoms with Gasteiger partial charge in [0.1, 0.15) is 5.75 Å². The maximum atomic E-state index is 8.79. The van der Waals surface area contributed by atoms with Crippen molar-refractivity contribution in [1.82, 2.24) is 9.88 Å². The third-order valence-corrected chi connectivity index (χ3v) is 2.81. The van der Waals surface area contributed by atoms with Crippen LogP contribution in [0, 0.1) is 0 Å². The van der Waals surface area contributed by atoms with Crippen molar-refractivity contribution in [3.05, 3.63) is 30.0 Å². The molecule has 0 saturated heterocycles. The van der Waals surface area contributed by atoms with E-state index in [0.29, 0.717) is 5.75 Å². The number of aromatic amines is 1. The zero-order chi connectivity index (χ0) is 13.1. The number of rotatable bonds is 5. The highest BCUT2D eigenvalue weighted by molar-refractivity contribution is 6.33. The molecule has 1 heterocycles. The Labute approximate surface area is 106 Å². The third kappa shape index (κ3) is 3.04. The van der Waals surface area contributed by atoms with E-state index < -0.39 is 7.32 Å². The van der Waals surface area contributed by atoms with E-state index in [9.17, 15) is 0 Å². The summed E-state index contributed by atoms with van der Waals surface area (Å²) in [4.78, 5) is 5.32. The molecule has 0 aliphatic heterocycles. The molecule has 0 spiro atoms. The van der Waals surface area contributed by atoms with Crippen LogP contribution < -0.4 is 4.65 Å². The lowest BCUT2D eigenvalue weighted by Gasteiger charge is -2.09. The van der Waals surface area contributed by atoms with E-state index in [-0.39, 0.29) is 0 Å². The maximum absolute atomic E-state index is 8.79. The topological polar surface area (TPSA) is 68.7 Å². The van der Waals surface area contributed by atoms with Gasteiger partial charge in [0, 0.05) is 23.6 Å². The van der Waals surface area contributed by atoms with Gasteiger partial charge in [0.2, 0.25) is 0 Å². The molecule has 0 amide bonds. The highest BCUT2D eigenvalue weighted by Crippen LogP contribution is 2.24. The summed E-state index contributed by atoms with van der Waals surface area (Å²) in [5.74, 6) is 0.447. The molecule has 0 unspecified atom stereocenters. The van der Waals surface area contributed by atoms with E-state index in [0.717, 1.165) is 23.9 Å². The van der Waals surface area contributed by atoms with Gasteiger partial charge >= 0.3 is 7.32 Å². The Morgan fingerprint density at radius 1 is 1.33 bits per heavy atom. The van der Waals surface area contributed by atoms with Crippen molar-refractivity contribution in [3.8, 4) is 5.75 Å². The fourth-order valence-electron chi connectivity index (χ4n) is 1.90. The first-order valence-electron chi connectivity index (χ1n) is 5.84.